The maximum Gasteiger partial charge on any atom is 0.123 e. The number of thioether (sulfide) groups is 1. The fourth-order valence-electron chi connectivity index (χ4n) is 2.14. The minimum atomic E-state index is 0.681. The quantitative estimate of drug-likeness (QED) is 0.718. The number of anilines is 1. The molecule has 21 heavy (non-hydrogen) atoms. The van der Waals surface area contributed by atoms with Gasteiger partial charge in [0.1, 0.15) is 11.5 Å². The van der Waals surface area contributed by atoms with Crippen molar-refractivity contribution in [1.82, 2.24) is 10.2 Å². The maximum absolute atomic E-state index is 5.75. The molecule has 0 saturated carbocycles. The van der Waals surface area contributed by atoms with Gasteiger partial charge in [-0.1, -0.05) is 12.1 Å². The predicted molar refractivity (Wildman–Crippen MR) is 87.3 cm³/mol. The van der Waals surface area contributed by atoms with E-state index in [-0.39, 0.29) is 0 Å². The molecule has 108 valence electrons. The Morgan fingerprint density at radius 2 is 2.10 bits per heavy atom. The summed E-state index contributed by atoms with van der Waals surface area (Å²) in [6, 6.07) is 14.2. The molecule has 0 aliphatic rings. The highest BCUT2D eigenvalue weighted by molar-refractivity contribution is 7.97. The van der Waals surface area contributed by atoms with Crippen molar-refractivity contribution in [2.24, 2.45) is 0 Å². The van der Waals surface area contributed by atoms with Gasteiger partial charge in [0.25, 0.3) is 0 Å². The molecule has 2 aromatic heterocycles. The van der Waals surface area contributed by atoms with Crippen molar-refractivity contribution >= 4 is 17.4 Å². The van der Waals surface area contributed by atoms with Gasteiger partial charge < -0.3 is 9.73 Å². The zero-order chi connectivity index (χ0) is 14.5. The molecular formula is C16H17N3OS. The van der Waals surface area contributed by atoms with Gasteiger partial charge in [-0.25, -0.2) is 0 Å². The molecule has 3 aromatic rings. The summed E-state index contributed by atoms with van der Waals surface area (Å²) in [7, 11) is 0. The zero-order valence-corrected chi connectivity index (χ0v) is 12.6. The van der Waals surface area contributed by atoms with Gasteiger partial charge in [0.2, 0.25) is 0 Å². The molecule has 1 aromatic carbocycles. The second kappa shape index (κ2) is 6.54. The van der Waals surface area contributed by atoms with Crippen LogP contribution < -0.4 is 5.32 Å². The van der Waals surface area contributed by atoms with Gasteiger partial charge in [0.15, 0.2) is 0 Å². The molecular weight excluding hydrogens is 282 g/mol. The Kier molecular flexibility index (Phi) is 4.31. The van der Waals surface area contributed by atoms with Crippen LogP contribution in [0.2, 0.25) is 0 Å². The largest absolute Gasteiger partial charge is 0.463 e. The van der Waals surface area contributed by atoms with Crippen LogP contribution in [0.5, 0.6) is 0 Å². The number of H-pyrrole nitrogens is 1. The summed E-state index contributed by atoms with van der Waals surface area (Å²) >= 11 is 1.76. The number of hydrogen-bond acceptors (Lipinski definition) is 4. The lowest BCUT2D eigenvalue weighted by Crippen LogP contribution is -1.98. The summed E-state index contributed by atoms with van der Waals surface area (Å²) in [6.07, 6.45) is 3.83. The number of aromatic nitrogens is 2. The highest BCUT2D eigenvalue weighted by atomic mass is 32.2. The van der Waals surface area contributed by atoms with Crippen LogP contribution in [0.4, 0.5) is 5.69 Å². The molecule has 5 heteroatoms. The van der Waals surface area contributed by atoms with Crippen LogP contribution in [0.25, 0.3) is 11.3 Å². The van der Waals surface area contributed by atoms with Crippen molar-refractivity contribution in [3.63, 3.8) is 0 Å². The SMILES string of the molecule is CSCc1ccc(CNc2cccc(-c3ccn[nH]3)c2)o1. The van der Waals surface area contributed by atoms with Gasteiger partial charge in [0.05, 0.1) is 18.0 Å². The van der Waals surface area contributed by atoms with Gasteiger partial charge in [-0.2, -0.15) is 16.9 Å². The van der Waals surface area contributed by atoms with E-state index in [1.165, 1.54) is 0 Å². The number of rotatable bonds is 6. The molecule has 0 spiro atoms. The topological polar surface area (TPSA) is 53.9 Å². The van der Waals surface area contributed by atoms with E-state index in [0.717, 1.165) is 34.2 Å². The Morgan fingerprint density at radius 3 is 2.90 bits per heavy atom. The number of hydrogen-bond donors (Lipinski definition) is 2. The molecule has 0 atom stereocenters. The number of aromatic amines is 1. The van der Waals surface area contributed by atoms with Gasteiger partial charge >= 0.3 is 0 Å². The monoisotopic (exact) mass is 299 g/mol. The van der Waals surface area contributed by atoms with Crippen molar-refractivity contribution in [2.75, 3.05) is 11.6 Å². The minimum absolute atomic E-state index is 0.681. The molecule has 4 nitrogen and oxygen atoms in total. The Labute approximate surface area is 128 Å². The molecule has 2 N–H and O–H groups in total. The van der Waals surface area contributed by atoms with E-state index in [4.69, 9.17) is 4.42 Å². The standard InChI is InChI=1S/C16H17N3OS/c1-21-11-15-6-5-14(20-15)10-17-13-4-2-3-12(9-13)16-7-8-18-19-16/h2-9,17H,10-11H2,1H3,(H,18,19). The molecule has 3 rings (SSSR count). The van der Waals surface area contributed by atoms with Crippen LogP contribution in [0.15, 0.2) is 53.1 Å². The van der Waals surface area contributed by atoms with Crippen LogP contribution in [0.1, 0.15) is 11.5 Å². The van der Waals surface area contributed by atoms with Crippen LogP contribution in [-0.2, 0) is 12.3 Å². The third-order valence-corrected chi connectivity index (χ3v) is 3.72. The first-order valence-corrected chi connectivity index (χ1v) is 8.15. The number of nitrogens with zero attached hydrogens (tertiary/aromatic N) is 1. The Bertz CT molecular complexity index is 691. The lowest BCUT2D eigenvalue weighted by molar-refractivity contribution is 0.487. The van der Waals surface area contributed by atoms with E-state index in [9.17, 15) is 0 Å². The van der Waals surface area contributed by atoms with E-state index in [0.29, 0.717) is 6.54 Å². The number of benzene rings is 1. The summed E-state index contributed by atoms with van der Waals surface area (Å²) in [4.78, 5) is 0. The van der Waals surface area contributed by atoms with Crippen LogP contribution in [-0.4, -0.2) is 16.5 Å². The molecule has 0 aliphatic heterocycles. The zero-order valence-electron chi connectivity index (χ0n) is 11.8. The number of nitrogens with one attached hydrogen (secondary N) is 2. The first-order valence-electron chi connectivity index (χ1n) is 6.75. The summed E-state index contributed by atoms with van der Waals surface area (Å²) < 4.78 is 5.75. The van der Waals surface area contributed by atoms with E-state index < -0.39 is 0 Å². The fourth-order valence-corrected chi connectivity index (χ4v) is 2.58. The van der Waals surface area contributed by atoms with E-state index in [1.54, 1.807) is 18.0 Å². The van der Waals surface area contributed by atoms with Crippen molar-refractivity contribution in [3.05, 3.63) is 60.2 Å². The third-order valence-electron chi connectivity index (χ3n) is 3.14. The van der Waals surface area contributed by atoms with Crippen LogP contribution in [0.3, 0.4) is 0 Å². The Hall–Kier alpha value is -2.14. The van der Waals surface area contributed by atoms with E-state index >= 15 is 0 Å². The van der Waals surface area contributed by atoms with Gasteiger partial charge in [-0.15, -0.1) is 0 Å². The predicted octanol–water partition coefficient (Wildman–Crippen LogP) is 4.14. The minimum Gasteiger partial charge on any atom is -0.463 e. The average molecular weight is 299 g/mol. The van der Waals surface area contributed by atoms with Gasteiger partial charge in [-0.3, -0.25) is 5.10 Å². The molecule has 0 radical (unpaired) electrons. The molecule has 0 bridgehead atoms. The third kappa shape index (κ3) is 3.49. The lowest BCUT2D eigenvalue weighted by atomic mass is 10.1. The second-order valence-corrected chi connectivity index (χ2v) is 5.57. The molecule has 2 heterocycles. The first kappa shape index (κ1) is 13.8. The van der Waals surface area contributed by atoms with Crippen molar-refractivity contribution in [3.8, 4) is 11.3 Å². The van der Waals surface area contributed by atoms with Gasteiger partial charge in [-0.05, 0) is 36.6 Å². The highest BCUT2D eigenvalue weighted by Gasteiger charge is 2.03. The summed E-state index contributed by atoms with van der Waals surface area (Å²) in [6.45, 7) is 0.681. The van der Waals surface area contributed by atoms with Crippen molar-refractivity contribution in [2.45, 2.75) is 12.3 Å². The van der Waals surface area contributed by atoms with Crippen molar-refractivity contribution < 1.29 is 4.42 Å². The van der Waals surface area contributed by atoms with E-state index in [2.05, 4.69) is 33.9 Å². The van der Waals surface area contributed by atoms with Crippen LogP contribution >= 0.6 is 11.8 Å². The molecule has 0 aliphatic carbocycles. The summed E-state index contributed by atoms with van der Waals surface area (Å²) in [5.74, 6) is 2.88. The molecule has 0 fully saturated rings. The highest BCUT2D eigenvalue weighted by Crippen LogP contribution is 2.21. The Morgan fingerprint density at radius 1 is 1.19 bits per heavy atom. The van der Waals surface area contributed by atoms with Crippen LogP contribution in [0, 0.1) is 0 Å². The second-order valence-electron chi connectivity index (χ2n) is 4.71. The molecule has 0 unspecified atom stereocenters. The first-order chi connectivity index (χ1) is 10.3. The average Bonchev–Trinajstić information content (AvgIpc) is 3.18. The van der Waals surface area contributed by atoms with E-state index in [1.807, 2.05) is 30.3 Å². The lowest BCUT2D eigenvalue weighted by Gasteiger charge is -2.06. The molecule has 0 amide bonds. The van der Waals surface area contributed by atoms with Gasteiger partial charge in [0, 0.05) is 17.4 Å². The normalized spacial score (nSPS) is 10.7. The Balaban J connectivity index is 1.66. The maximum atomic E-state index is 5.75. The fraction of sp³-hybridized carbons (Fsp3) is 0.188. The summed E-state index contributed by atoms with van der Waals surface area (Å²) in [5.41, 5.74) is 3.18. The number of furan rings is 1. The van der Waals surface area contributed by atoms with Crippen molar-refractivity contribution in [1.29, 1.82) is 0 Å². The summed E-state index contributed by atoms with van der Waals surface area (Å²) in [5, 5.41) is 10.3. The molecule has 0 saturated heterocycles. The smallest absolute Gasteiger partial charge is 0.123 e.